The second-order valence-corrected chi connectivity index (χ2v) is 5.95. The molecule has 5 nitrogen and oxygen atoms in total. The average molecular weight is 297 g/mol. The molecule has 1 aromatic heterocycles. The van der Waals surface area contributed by atoms with E-state index in [-0.39, 0.29) is 11.8 Å². The van der Waals surface area contributed by atoms with Crippen molar-refractivity contribution in [3.05, 3.63) is 47.7 Å². The van der Waals surface area contributed by atoms with Gasteiger partial charge in [-0.1, -0.05) is 18.2 Å². The summed E-state index contributed by atoms with van der Waals surface area (Å²) in [6.07, 6.45) is 4.59. The van der Waals surface area contributed by atoms with Gasteiger partial charge in [0.25, 0.3) is 5.91 Å². The molecule has 0 aliphatic carbocycles. The Bertz CT molecular complexity index is 689. The number of nitrogens with one attached hydrogen (secondary N) is 1. The van der Waals surface area contributed by atoms with Crippen LogP contribution in [0.4, 0.5) is 5.69 Å². The smallest absolute Gasteiger partial charge is 0.280 e. The van der Waals surface area contributed by atoms with E-state index < -0.39 is 0 Å². The van der Waals surface area contributed by atoms with Gasteiger partial charge in [-0.3, -0.25) is 4.79 Å². The molecule has 0 radical (unpaired) electrons. The third-order valence-corrected chi connectivity index (χ3v) is 4.52. The Morgan fingerprint density at radius 1 is 1.36 bits per heavy atom. The lowest BCUT2D eigenvalue weighted by molar-refractivity contribution is 0.0984. The van der Waals surface area contributed by atoms with Gasteiger partial charge in [-0.2, -0.15) is 0 Å². The van der Waals surface area contributed by atoms with Crippen LogP contribution in [0.3, 0.4) is 0 Å². The van der Waals surface area contributed by atoms with Gasteiger partial charge in [0.1, 0.15) is 6.26 Å². The molecule has 2 aliphatic rings. The number of aromatic nitrogens is 1. The van der Waals surface area contributed by atoms with Crippen molar-refractivity contribution >= 4 is 11.6 Å². The summed E-state index contributed by atoms with van der Waals surface area (Å²) >= 11 is 0. The van der Waals surface area contributed by atoms with Gasteiger partial charge in [0.05, 0.1) is 0 Å². The molecule has 2 aliphatic heterocycles. The third-order valence-electron chi connectivity index (χ3n) is 4.52. The Balaban J connectivity index is 1.55. The number of oxazole rings is 1. The lowest BCUT2D eigenvalue weighted by atomic mass is 10.00. The fraction of sp³-hybridized carbons (Fsp3) is 0.412. The lowest BCUT2D eigenvalue weighted by Crippen LogP contribution is -2.30. The number of carbonyl (C=O) groups excluding carboxylic acids is 1. The van der Waals surface area contributed by atoms with Crippen LogP contribution in [0.15, 0.2) is 34.9 Å². The van der Waals surface area contributed by atoms with Crippen molar-refractivity contribution in [3.8, 4) is 0 Å². The highest BCUT2D eigenvalue weighted by Gasteiger charge is 2.28. The van der Waals surface area contributed by atoms with Crippen LogP contribution < -0.4 is 10.2 Å². The lowest BCUT2D eigenvalue weighted by Gasteiger charge is -2.19. The van der Waals surface area contributed by atoms with Crippen molar-refractivity contribution in [2.75, 3.05) is 24.5 Å². The third kappa shape index (κ3) is 2.31. The predicted molar refractivity (Wildman–Crippen MR) is 83.2 cm³/mol. The average Bonchev–Trinajstić information content (AvgIpc) is 3.22. The molecular weight excluding hydrogens is 278 g/mol. The number of hydrogen-bond donors (Lipinski definition) is 1. The standard InChI is InChI=1S/C17H19N3O2/c21-17(20-9-7-12-4-1-2-6-15(12)20)14-11-22-16(19-14)13-5-3-8-18-10-13/h1-2,4,6,11,13,18H,3,5,7-10H2. The predicted octanol–water partition coefficient (Wildman–Crippen LogP) is 2.34. The molecular formula is C17H19N3O2. The maximum Gasteiger partial charge on any atom is 0.280 e. The minimum Gasteiger partial charge on any atom is -0.448 e. The van der Waals surface area contributed by atoms with E-state index in [9.17, 15) is 4.79 Å². The van der Waals surface area contributed by atoms with Crippen LogP contribution in [0, 0.1) is 0 Å². The molecule has 1 aromatic carbocycles. The highest BCUT2D eigenvalue weighted by molar-refractivity contribution is 6.05. The van der Waals surface area contributed by atoms with E-state index in [0.717, 1.165) is 38.0 Å². The Labute approximate surface area is 129 Å². The zero-order valence-corrected chi connectivity index (χ0v) is 12.4. The summed E-state index contributed by atoms with van der Waals surface area (Å²) in [6, 6.07) is 8.04. The van der Waals surface area contributed by atoms with Crippen LogP contribution in [-0.4, -0.2) is 30.5 Å². The number of para-hydroxylation sites is 1. The van der Waals surface area contributed by atoms with Crippen molar-refractivity contribution in [2.45, 2.75) is 25.2 Å². The Morgan fingerprint density at radius 2 is 2.27 bits per heavy atom. The van der Waals surface area contributed by atoms with E-state index in [1.807, 2.05) is 18.2 Å². The largest absolute Gasteiger partial charge is 0.448 e. The molecule has 1 unspecified atom stereocenters. The van der Waals surface area contributed by atoms with Crippen molar-refractivity contribution < 1.29 is 9.21 Å². The summed E-state index contributed by atoms with van der Waals surface area (Å²) in [5, 5.41) is 3.34. The number of benzene rings is 1. The maximum absolute atomic E-state index is 12.7. The summed E-state index contributed by atoms with van der Waals surface area (Å²) in [7, 11) is 0. The molecule has 22 heavy (non-hydrogen) atoms. The second kappa shape index (κ2) is 5.57. The summed E-state index contributed by atoms with van der Waals surface area (Å²) in [5.41, 5.74) is 2.63. The van der Waals surface area contributed by atoms with E-state index in [2.05, 4.69) is 16.4 Å². The van der Waals surface area contributed by atoms with Crippen LogP contribution in [0.2, 0.25) is 0 Å². The Kier molecular flexibility index (Phi) is 3.42. The van der Waals surface area contributed by atoms with Crippen molar-refractivity contribution in [2.24, 2.45) is 0 Å². The molecule has 5 heteroatoms. The summed E-state index contributed by atoms with van der Waals surface area (Å²) in [5.74, 6) is 0.896. The van der Waals surface area contributed by atoms with Crippen LogP contribution in [0.25, 0.3) is 0 Å². The van der Waals surface area contributed by atoms with Gasteiger partial charge in [-0.15, -0.1) is 0 Å². The number of anilines is 1. The second-order valence-electron chi connectivity index (χ2n) is 5.95. The Hall–Kier alpha value is -2.14. The van der Waals surface area contributed by atoms with E-state index in [4.69, 9.17) is 4.42 Å². The van der Waals surface area contributed by atoms with Gasteiger partial charge in [0, 0.05) is 24.7 Å². The summed E-state index contributed by atoms with van der Waals surface area (Å²) in [6.45, 7) is 2.64. The summed E-state index contributed by atoms with van der Waals surface area (Å²) < 4.78 is 5.57. The van der Waals surface area contributed by atoms with E-state index >= 15 is 0 Å². The molecule has 1 amide bonds. The first-order chi connectivity index (χ1) is 10.8. The van der Waals surface area contributed by atoms with Crippen molar-refractivity contribution in [1.82, 2.24) is 10.3 Å². The fourth-order valence-corrected chi connectivity index (χ4v) is 3.32. The monoisotopic (exact) mass is 297 g/mol. The van der Waals surface area contributed by atoms with Crippen LogP contribution in [-0.2, 0) is 6.42 Å². The van der Waals surface area contributed by atoms with Gasteiger partial charge in [-0.25, -0.2) is 4.98 Å². The number of amides is 1. The van der Waals surface area contributed by atoms with Gasteiger partial charge in [-0.05, 0) is 37.4 Å². The molecule has 3 heterocycles. The first kappa shape index (κ1) is 13.5. The number of carbonyl (C=O) groups is 1. The molecule has 1 atom stereocenters. The number of fused-ring (bicyclic) bond motifs is 1. The molecule has 1 N–H and O–H groups in total. The molecule has 1 saturated heterocycles. The zero-order chi connectivity index (χ0) is 14.9. The SMILES string of the molecule is O=C(c1coc(C2CCCNC2)n1)N1CCc2ccccc21. The van der Waals surface area contributed by atoms with Crippen LogP contribution in [0.1, 0.15) is 40.7 Å². The van der Waals surface area contributed by atoms with Gasteiger partial charge >= 0.3 is 0 Å². The zero-order valence-electron chi connectivity index (χ0n) is 12.4. The number of piperidine rings is 1. The van der Waals surface area contributed by atoms with Crippen molar-refractivity contribution in [3.63, 3.8) is 0 Å². The topological polar surface area (TPSA) is 58.4 Å². The molecule has 114 valence electrons. The normalized spacial score (nSPS) is 20.9. The van der Waals surface area contributed by atoms with E-state index in [1.54, 1.807) is 4.90 Å². The van der Waals surface area contributed by atoms with Gasteiger partial charge < -0.3 is 14.6 Å². The fourth-order valence-electron chi connectivity index (χ4n) is 3.32. The maximum atomic E-state index is 12.7. The minimum absolute atomic E-state index is 0.0660. The minimum atomic E-state index is -0.0660. The van der Waals surface area contributed by atoms with Gasteiger partial charge in [0.15, 0.2) is 11.6 Å². The first-order valence-corrected chi connectivity index (χ1v) is 7.89. The number of hydrogen-bond acceptors (Lipinski definition) is 4. The highest BCUT2D eigenvalue weighted by Crippen LogP contribution is 2.29. The number of rotatable bonds is 2. The molecule has 4 rings (SSSR count). The molecule has 0 bridgehead atoms. The van der Waals surface area contributed by atoms with Gasteiger partial charge in [0.2, 0.25) is 0 Å². The van der Waals surface area contributed by atoms with E-state index in [0.29, 0.717) is 18.1 Å². The van der Waals surface area contributed by atoms with Crippen LogP contribution >= 0.6 is 0 Å². The van der Waals surface area contributed by atoms with Crippen LogP contribution in [0.5, 0.6) is 0 Å². The first-order valence-electron chi connectivity index (χ1n) is 7.89. The van der Waals surface area contributed by atoms with E-state index in [1.165, 1.54) is 11.8 Å². The quantitative estimate of drug-likeness (QED) is 0.924. The molecule has 2 aromatic rings. The molecule has 0 spiro atoms. The highest BCUT2D eigenvalue weighted by atomic mass is 16.3. The summed E-state index contributed by atoms with van der Waals surface area (Å²) in [4.78, 5) is 18.9. The molecule has 0 saturated carbocycles. The Morgan fingerprint density at radius 3 is 3.14 bits per heavy atom. The number of nitrogens with zero attached hydrogens (tertiary/aromatic N) is 2. The molecule has 1 fully saturated rings. The van der Waals surface area contributed by atoms with Crippen molar-refractivity contribution in [1.29, 1.82) is 0 Å².